The van der Waals surface area contributed by atoms with Gasteiger partial charge in [-0.2, -0.15) is 0 Å². The van der Waals surface area contributed by atoms with Gasteiger partial charge in [0, 0.05) is 26.2 Å². The molecule has 80 valence electrons. The molecule has 5 heteroatoms. The zero-order chi connectivity index (χ0) is 10.3. The summed E-state index contributed by atoms with van der Waals surface area (Å²) in [6, 6.07) is 0. The Labute approximate surface area is 92.3 Å². The van der Waals surface area contributed by atoms with Gasteiger partial charge in [-0.1, -0.05) is 0 Å². The maximum Gasteiger partial charge on any atom is 0.265 e. The Kier molecular flexibility index (Phi) is 2.21. The van der Waals surface area contributed by atoms with Crippen LogP contribution < -0.4 is 5.32 Å². The largest absolute Gasteiger partial charge is 0.337 e. The highest BCUT2D eigenvalue weighted by Gasteiger charge is 2.38. The lowest BCUT2D eigenvalue weighted by atomic mass is 10.0. The topological polar surface area (TPSA) is 45.2 Å². The molecule has 2 saturated heterocycles. The maximum atomic E-state index is 12.0. The number of nitrogens with one attached hydrogen (secondary N) is 1. The Bertz CT molecular complexity index is 353. The molecule has 3 rings (SSSR count). The number of amides is 1. The van der Waals surface area contributed by atoms with Gasteiger partial charge in [0.2, 0.25) is 0 Å². The molecule has 2 unspecified atom stereocenters. The molecule has 1 aromatic rings. The van der Waals surface area contributed by atoms with Crippen molar-refractivity contribution in [2.45, 2.75) is 0 Å². The molecule has 0 saturated carbocycles. The van der Waals surface area contributed by atoms with Crippen LogP contribution in [-0.2, 0) is 0 Å². The SMILES string of the molecule is O=C(c1cncs1)N1CC2CNCC2C1. The molecule has 2 atom stereocenters. The highest BCUT2D eigenvalue weighted by atomic mass is 32.1. The van der Waals surface area contributed by atoms with Crippen molar-refractivity contribution in [3.63, 3.8) is 0 Å². The Morgan fingerprint density at radius 1 is 1.47 bits per heavy atom. The van der Waals surface area contributed by atoms with E-state index in [0.29, 0.717) is 11.8 Å². The summed E-state index contributed by atoms with van der Waals surface area (Å²) < 4.78 is 0. The van der Waals surface area contributed by atoms with Crippen LogP contribution in [0.3, 0.4) is 0 Å². The molecule has 2 aliphatic rings. The Hall–Kier alpha value is -0.940. The van der Waals surface area contributed by atoms with Gasteiger partial charge >= 0.3 is 0 Å². The third-order valence-corrected chi connectivity index (χ3v) is 4.08. The first kappa shape index (κ1) is 9.30. The lowest BCUT2D eigenvalue weighted by Gasteiger charge is -2.15. The van der Waals surface area contributed by atoms with Crippen molar-refractivity contribution in [2.75, 3.05) is 26.2 Å². The number of carbonyl (C=O) groups is 1. The predicted molar refractivity (Wildman–Crippen MR) is 57.9 cm³/mol. The average molecular weight is 223 g/mol. The van der Waals surface area contributed by atoms with E-state index in [0.717, 1.165) is 31.1 Å². The molecule has 1 aromatic heterocycles. The number of fused-ring (bicyclic) bond motifs is 1. The molecule has 2 fully saturated rings. The first-order valence-electron chi connectivity index (χ1n) is 5.23. The fourth-order valence-electron chi connectivity index (χ4n) is 2.50. The van der Waals surface area contributed by atoms with E-state index in [9.17, 15) is 4.79 Å². The minimum absolute atomic E-state index is 0.159. The zero-order valence-electron chi connectivity index (χ0n) is 8.35. The van der Waals surface area contributed by atoms with E-state index in [4.69, 9.17) is 0 Å². The maximum absolute atomic E-state index is 12.0. The molecular weight excluding hydrogens is 210 g/mol. The predicted octanol–water partition coefficient (Wildman–Crippen LogP) is 0.434. The van der Waals surface area contributed by atoms with Gasteiger partial charge in [-0.25, -0.2) is 0 Å². The van der Waals surface area contributed by atoms with Gasteiger partial charge in [0.1, 0.15) is 4.88 Å². The lowest BCUT2D eigenvalue weighted by Crippen LogP contribution is -2.31. The molecule has 0 aromatic carbocycles. The number of hydrogen-bond acceptors (Lipinski definition) is 4. The van der Waals surface area contributed by atoms with Crippen LogP contribution in [0.5, 0.6) is 0 Å². The number of likely N-dealkylation sites (tertiary alicyclic amines) is 1. The van der Waals surface area contributed by atoms with Gasteiger partial charge in [-0.15, -0.1) is 11.3 Å². The number of hydrogen-bond donors (Lipinski definition) is 1. The summed E-state index contributed by atoms with van der Waals surface area (Å²) >= 11 is 1.43. The first-order valence-corrected chi connectivity index (χ1v) is 6.11. The van der Waals surface area contributed by atoms with E-state index >= 15 is 0 Å². The minimum atomic E-state index is 0.159. The van der Waals surface area contributed by atoms with Crippen LogP contribution >= 0.6 is 11.3 Å². The van der Waals surface area contributed by atoms with Gasteiger partial charge in [0.05, 0.1) is 11.7 Å². The van der Waals surface area contributed by atoms with E-state index in [1.165, 1.54) is 11.3 Å². The standard InChI is InChI=1S/C10H13N3OS/c14-10(9-3-12-6-15-9)13-4-7-1-11-2-8(7)5-13/h3,6-8,11H,1-2,4-5H2. The molecule has 0 spiro atoms. The van der Waals surface area contributed by atoms with E-state index in [1.54, 1.807) is 11.7 Å². The fraction of sp³-hybridized carbons (Fsp3) is 0.600. The normalized spacial score (nSPS) is 29.5. The van der Waals surface area contributed by atoms with E-state index in [2.05, 4.69) is 10.3 Å². The Balaban J connectivity index is 1.72. The summed E-state index contributed by atoms with van der Waals surface area (Å²) in [6.07, 6.45) is 1.67. The summed E-state index contributed by atoms with van der Waals surface area (Å²) in [6.45, 7) is 3.96. The van der Waals surface area contributed by atoms with Crippen molar-refractivity contribution in [1.29, 1.82) is 0 Å². The second kappa shape index (κ2) is 3.57. The van der Waals surface area contributed by atoms with Crippen molar-refractivity contribution >= 4 is 17.2 Å². The molecule has 0 radical (unpaired) electrons. The molecule has 2 aliphatic heterocycles. The average Bonchev–Trinajstić information content (AvgIpc) is 2.92. The fourth-order valence-corrected chi connectivity index (χ4v) is 3.09. The van der Waals surface area contributed by atoms with Gasteiger partial charge in [-0.3, -0.25) is 9.78 Å². The smallest absolute Gasteiger partial charge is 0.265 e. The van der Waals surface area contributed by atoms with Gasteiger partial charge < -0.3 is 10.2 Å². The third-order valence-electron chi connectivity index (χ3n) is 3.32. The number of carbonyl (C=O) groups excluding carboxylic acids is 1. The number of aromatic nitrogens is 1. The first-order chi connectivity index (χ1) is 7.34. The van der Waals surface area contributed by atoms with E-state index in [-0.39, 0.29) is 5.91 Å². The van der Waals surface area contributed by atoms with Crippen molar-refractivity contribution in [1.82, 2.24) is 15.2 Å². The van der Waals surface area contributed by atoms with E-state index < -0.39 is 0 Å². The lowest BCUT2D eigenvalue weighted by molar-refractivity contribution is 0.0786. The second-order valence-electron chi connectivity index (χ2n) is 4.25. The van der Waals surface area contributed by atoms with E-state index in [1.807, 2.05) is 4.90 Å². The second-order valence-corrected chi connectivity index (χ2v) is 5.14. The van der Waals surface area contributed by atoms with Crippen LogP contribution in [0.1, 0.15) is 9.67 Å². The van der Waals surface area contributed by atoms with Gasteiger partial charge in [0.25, 0.3) is 5.91 Å². The number of thiazole rings is 1. The zero-order valence-corrected chi connectivity index (χ0v) is 9.17. The van der Waals surface area contributed by atoms with Gasteiger partial charge in [0.15, 0.2) is 0 Å². The molecule has 0 aliphatic carbocycles. The van der Waals surface area contributed by atoms with Crippen molar-refractivity contribution in [2.24, 2.45) is 11.8 Å². The van der Waals surface area contributed by atoms with Crippen LogP contribution in [0.25, 0.3) is 0 Å². The Morgan fingerprint density at radius 3 is 2.80 bits per heavy atom. The third kappa shape index (κ3) is 1.55. The highest BCUT2D eigenvalue weighted by molar-refractivity contribution is 7.11. The Morgan fingerprint density at radius 2 is 2.20 bits per heavy atom. The van der Waals surface area contributed by atoms with Crippen LogP contribution in [0, 0.1) is 11.8 Å². The van der Waals surface area contributed by atoms with Crippen LogP contribution in [-0.4, -0.2) is 42.0 Å². The number of nitrogens with zero attached hydrogens (tertiary/aromatic N) is 2. The minimum Gasteiger partial charge on any atom is -0.337 e. The summed E-state index contributed by atoms with van der Waals surface area (Å²) in [5, 5.41) is 3.37. The van der Waals surface area contributed by atoms with Gasteiger partial charge in [-0.05, 0) is 11.8 Å². The van der Waals surface area contributed by atoms with Crippen molar-refractivity contribution in [3.05, 3.63) is 16.6 Å². The molecule has 1 N–H and O–H groups in total. The van der Waals surface area contributed by atoms with Crippen LogP contribution in [0.15, 0.2) is 11.7 Å². The van der Waals surface area contributed by atoms with Crippen LogP contribution in [0.2, 0.25) is 0 Å². The summed E-state index contributed by atoms with van der Waals surface area (Å²) in [5.74, 6) is 1.50. The summed E-state index contributed by atoms with van der Waals surface area (Å²) in [7, 11) is 0. The molecule has 0 bridgehead atoms. The monoisotopic (exact) mass is 223 g/mol. The quantitative estimate of drug-likeness (QED) is 0.751. The molecular formula is C10H13N3OS. The summed E-state index contributed by atoms with van der Waals surface area (Å²) in [5.41, 5.74) is 1.71. The van der Waals surface area contributed by atoms with Crippen molar-refractivity contribution in [3.8, 4) is 0 Å². The molecule has 4 nitrogen and oxygen atoms in total. The summed E-state index contributed by atoms with van der Waals surface area (Å²) in [4.78, 5) is 18.7. The highest BCUT2D eigenvalue weighted by Crippen LogP contribution is 2.27. The molecule has 3 heterocycles. The van der Waals surface area contributed by atoms with Crippen LogP contribution in [0.4, 0.5) is 0 Å². The molecule has 1 amide bonds. The number of rotatable bonds is 1. The van der Waals surface area contributed by atoms with Crippen molar-refractivity contribution < 1.29 is 4.79 Å². The molecule has 15 heavy (non-hydrogen) atoms.